The van der Waals surface area contributed by atoms with Crippen molar-refractivity contribution in [3.8, 4) is 0 Å². The number of furan rings is 1. The van der Waals surface area contributed by atoms with Gasteiger partial charge in [0.05, 0.1) is 12.1 Å². The molecule has 5 nitrogen and oxygen atoms in total. The van der Waals surface area contributed by atoms with E-state index in [9.17, 15) is 9.59 Å². The lowest BCUT2D eigenvalue weighted by molar-refractivity contribution is 0.0694. The number of hydrogen-bond acceptors (Lipinski definition) is 4. The zero-order valence-electron chi connectivity index (χ0n) is 12.7. The van der Waals surface area contributed by atoms with Crippen molar-refractivity contribution < 1.29 is 19.1 Å². The zero-order chi connectivity index (χ0) is 17.0. The van der Waals surface area contributed by atoms with Gasteiger partial charge in [-0.2, -0.15) is 0 Å². The van der Waals surface area contributed by atoms with Crippen LogP contribution < -0.4 is 5.32 Å². The predicted octanol–water partition coefficient (Wildman–Crippen LogP) is 3.98. The van der Waals surface area contributed by atoms with E-state index in [4.69, 9.17) is 21.1 Å². The normalized spacial score (nSPS) is 10.6. The number of halogens is 1. The average molecular weight is 354 g/mol. The van der Waals surface area contributed by atoms with Gasteiger partial charge in [0.1, 0.15) is 17.1 Å². The highest BCUT2D eigenvalue weighted by Crippen LogP contribution is 2.25. The van der Waals surface area contributed by atoms with Crippen LogP contribution in [0.3, 0.4) is 0 Å². The molecular formula is C16H16ClNO4S. The Morgan fingerprint density at radius 3 is 2.65 bits per heavy atom. The van der Waals surface area contributed by atoms with Gasteiger partial charge >= 0.3 is 5.97 Å². The minimum Gasteiger partial charge on any atom is -0.478 e. The third-order valence-electron chi connectivity index (χ3n) is 3.11. The number of rotatable bonds is 6. The van der Waals surface area contributed by atoms with Crippen molar-refractivity contribution in [3.63, 3.8) is 0 Å². The van der Waals surface area contributed by atoms with Crippen molar-refractivity contribution >= 4 is 35.2 Å². The van der Waals surface area contributed by atoms with Gasteiger partial charge in [-0.15, -0.1) is 11.8 Å². The Morgan fingerprint density at radius 1 is 1.30 bits per heavy atom. The zero-order valence-corrected chi connectivity index (χ0v) is 14.3. The molecule has 1 aromatic heterocycles. The fraction of sp³-hybridized carbons (Fsp3) is 0.250. The molecule has 0 fully saturated rings. The molecule has 2 N–H and O–H groups in total. The number of benzene rings is 1. The number of carboxylic acid groups (broad SMARTS) is 1. The van der Waals surface area contributed by atoms with Crippen LogP contribution in [-0.2, 0) is 6.54 Å². The maximum atomic E-state index is 12.4. The first-order chi connectivity index (χ1) is 10.9. The van der Waals surface area contributed by atoms with Gasteiger partial charge in [-0.25, -0.2) is 4.79 Å². The number of carbonyl (C=O) groups excluding carboxylic acids is 1. The third kappa shape index (κ3) is 4.30. The summed E-state index contributed by atoms with van der Waals surface area (Å²) in [6, 6.07) is 6.58. The Balaban J connectivity index is 2.12. The quantitative estimate of drug-likeness (QED) is 0.768. The van der Waals surface area contributed by atoms with Crippen LogP contribution in [0.4, 0.5) is 0 Å². The SMILES string of the molecule is CCSc1ccc(Cl)cc1C(=O)NCc1cc(C(=O)O)c(C)o1. The van der Waals surface area contributed by atoms with Crippen LogP contribution in [0.25, 0.3) is 0 Å². The van der Waals surface area contributed by atoms with E-state index in [1.165, 1.54) is 6.07 Å². The smallest absolute Gasteiger partial charge is 0.339 e. The molecule has 0 unspecified atom stereocenters. The Labute approximate surface area is 143 Å². The molecule has 0 saturated heterocycles. The number of nitrogens with one attached hydrogen (secondary N) is 1. The summed E-state index contributed by atoms with van der Waals surface area (Å²) in [4.78, 5) is 24.2. The molecule has 0 aliphatic heterocycles. The van der Waals surface area contributed by atoms with Gasteiger partial charge in [0, 0.05) is 9.92 Å². The van der Waals surface area contributed by atoms with Crippen molar-refractivity contribution in [1.29, 1.82) is 0 Å². The van der Waals surface area contributed by atoms with Gasteiger partial charge in [-0.3, -0.25) is 4.79 Å². The first kappa shape index (κ1) is 17.4. The summed E-state index contributed by atoms with van der Waals surface area (Å²) >= 11 is 7.51. The van der Waals surface area contributed by atoms with Crippen molar-refractivity contribution in [2.45, 2.75) is 25.3 Å². The summed E-state index contributed by atoms with van der Waals surface area (Å²) in [6.07, 6.45) is 0. The molecule has 0 bridgehead atoms. The van der Waals surface area contributed by atoms with Crippen molar-refractivity contribution in [2.24, 2.45) is 0 Å². The number of hydrogen-bond donors (Lipinski definition) is 2. The Bertz CT molecular complexity index is 742. The molecule has 122 valence electrons. The fourth-order valence-electron chi connectivity index (χ4n) is 2.07. The number of aryl methyl sites for hydroxylation is 1. The highest BCUT2D eigenvalue weighted by Gasteiger charge is 2.16. The largest absolute Gasteiger partial charge is 0.478 e. The monoisotopic (exact) mass is 353 g/mol. The average Bonchev–Trinajstić information content (AvgIpc) is 2.88. The maximum Gasteiger partial charge on any atom is 0.339 e. The molecule has 1 heterocycles. The van der Waals surface area contributed by atoms with Gasteiger partial charge in [0.25, 0.3) is 5.91 Å². The molecule has 2 rings (SSSR count). The summed E-state index contributed by atoms with van der Waals surface area (Å²) in [5.74, 6) is 0.197. The summed E-state index contributed by atoms with van der Waals surface area (Å²) in [6.45, 7) is 3.68. The molecule has 23 heavy (non-hydrogen) atoms. The Kier molecular flexibility index (Phi) is 5.74. The molecular weight excluding hydrogens is 338 g/mol. The van der Waals surface area contributed by atoms with Gasteiger partial charge in [0.15, 0.2) is 0 Å². The molecule has 1 aromatic carbocycles. The van der Waals surface area contributed by atoms with Crippen LogP contribution in [0.2, 0.25) is 5.02 Å². The van der Waals surface area contributed by atoms with Crippen molar-refractivity contribution in [2.75, 3.05) is 5.75 Å². The Morgan fingerprint density at radius 2 is 2.04 bits per heavy atom. The molecule has 0 atom stereocenters. The van der Waals surface area contributed by atoms with E-state index in [1.54, 1.807) is 30.8 Å². The minimum absolute atomic E-state index is 0.0965. The molecule has 0 saturated carbocycles. The van der Waals surface area contributed by atoms with E-state index in [2.05, 4.69) is 5.32 Å². The maximum absolute atomic E-state index is 12.4. The first-order valence-electron chi connectivity index (χ1n) is 6.95. The molecule has 1 amide bonds. The summed E-state index contributed by atoms with van der Waals surface area (Å²) in [5, 5.41) is 12.2. The van der Waals surface area contributed by atoms with Crippen LogP contribution in [0, 0.1) is 6.92 Å². The fourth-order valence-corrected chi connectivity index (χ4v) is 3.02. The highest BCUT2D eigenvalue weighted by molar-refractivity contribution is 7.99. The van der Waals surface area contributed by atoms with Crippen LogP contribution in [-0.4, -0.2) is 22.7 Å². The van der Waals surface area contributed by atoms with E-state index in [0.717, 1.165) is 10.6 Å². The summed E-state index contributed by atoms with van der Waals surface area (Å²) in [5.41, 5.74) is 0.588. The molecule has 0 radical (unpaired) electrons. The van der Waals surface area contributed by atoms with Crippen LogP contribution in [0.15, 0.2) is 33.6 Å². The van der Waals surface area contributed by atoms with Gasteiger partial charge in [0.2, 0.25) is 0 Å². The molecule has 0 spiro atoms. The predicted molar refractivity (Wildman–Crippen MR) is 89.4 cm³/mol. The van der Waals surface area contributed by atoms with E-state index < -0.39 is 5.97 Å². The number of carboxylic acids is 1. The van der Waals surface area contributed by atoms with E-state index in [0.29, 0.717) is 22.1 Å². The number of aromatic carboxylic acids is 1. The molecule has 7 heteroatoms. The van der Waals surface area contributed by atoms with Gasteiger partial charge in [-0.1, -0.05) is 18.5 Å². The number of carbonyl (C=O) groups is 2. The lowest BCUT2D eigenvalue weighted by Crippen LogP contribution is -2.23. The van der Waals surface area contributed by atoms with Crippen molar-refractivity contribution in [3.05, 3.63) is 51.9 Å². The lowest BCUT2D eigenvalue weighted by atomic mass is 10.2. The third-order valence-corrected chi connectivity index (χ3v) is 4.30. The van der Waals surface area contributed by atoms with Crippen LogP contribution >= 0.6 is 23.4 Å². The minimum atomic E-state index is -1.06. The van der Waals surface area contributed by atoms with Gasteiger partial charge < -0.3 is 14.8 Å². The first-order valence-corrected chi connectivity index (χ1v) is 8.32. The van der Waals surface area contributed by atoms with E-state index in [1.807, 2.05) is 13.0 Å². The topological polar surface area (TPSA) is 79.5 Å². The highest BCUT2D eigenvalue weighted by atomic mass is 35.5. The number of amides is 1. The second-order valence-electron chi connectivity index (χ2n) is 4.74. The van der Waals surface area contributed by atoms with E-state index >= 15 is 0 Å². The Hall–Kier alpha value is -1.92. The lowest BCUT2D eigenvalue weighted by Gasteiger charge is -2.09. The van der Waals surface area contributed by atoms with Crippen LogP contribution in [0.1, 0.15) is 39.2 Å². The number of thioether (sulfide) groups is 1. The van der Waals surface area contributed by atoms with Crippen molar-refractivity contribution in [1.82, 2.24) is 5.32 Å². The standard InChI is InChI=1S/C16H16ClNO4S/c1-3-23-14-5-4-10(17)6-13(14)15(19)18-8-11-7-12(16(20)21)9(2)22-11/h4-7H,3,8H2,1-2H3,(H,18,19)(H,20,21). The second kappa shape index (κ2) is 7.57. The van der Waals surface area contributed by atoms with Crippen LogP contribution in [0.5, 0.6) is 0 Å². The van der Waals surface area contributed by atoms with E-state index in [-0.39, 0.29) is 18.0 Å². The molecule has 2 aromatic rings. The summed E-state index contributed by atoms with van der Waals surface area (Å²) < 4.78 is 5.34. The molecule has 0 aliphatic rings. The molecule has 0 aliphatic carbocycles. The van der Waals surface area contributed by atoms with Gasteiger partial charge in [-0.05, 0) is 36.9 Å². The second-order valence-corrected chi connectivity index (χ2v) is 6.49. The summed E-state index contributed by atoms with van der Waals surface area (Å²) in [7, 11) is 0.